The summed E-state index contributed by atoms with van der Waals surface area (Å²) in [5, 5.41) is 0. The average Bonchev–Trinajstić information content (AvgIpc) is 3.88. The Bertz CT molecular complexity index is 367. The Morgan fingerprint density at radius 1 is 0.217 bits per heavy atom. The maximum atomic E-state index is 5.06. The van der Waals surface area contributed by atoms with E-state index in [4.69, 9.17) is 80.9 Å². The summed E-state index contributed by atoms with van der Waals surface area (Å²) in [6.45, 7) is 14.0. The molecule has 0 bridgehead atoms. The molecule has 0 amide bonds. The monoisotopic (exact) mass is 1260 g/mol. The molecule has 0 aliphatic carbocycles. The van der Waals surface area contributed by atoms with Crippen LogP contribution in [0.25, 0.3) is 0 Å². The number of rotatable bonds is 0. The zero-order valence-electron chi connectivity index (χ0n) is 26.7. The van der Waals surface area contributed by atoms with Crippen LogP contribution in [0.15, 0.2) is 0 Å². The van der Waals surface area contributed by atoms with Crippen molar-refractivity contribution in [2.45, 2.75) is 97.3 Å². The molecule has 0 aromatic rings. The van der Waals surface area contributed by atoms with E-state index in [-0.39, 0.29) is 7.43 Å². The van der Waals surface area contributed by atoms with Gasteiger partial charge in [-0.05, 0) is 89.9 Å². The third-order valence-corrected chi connectivity index (χ3v) is 5.79. The minimum atomic E-state index is -3.45. The molecular weight excluding hydrogens is 1210 g/mol. The summed E-state index contributed by atoms with van der Waals surface area (Å²) < 4.78 is 34.6. The standard InChI is InChI=1S/7C4H8O.CH4.8ClH.2Th/c7*1-2-4-5-3-1;;;;;;;;;;;/h7*1-4H2;1H4;8*1H;;/q;;;;;;;;;;;;;;;;2*+4/p-8. The molecule has 7 rings (SSSR count). The van der Waals surface area contributed by atoms with Crippen LogP contribution in [0.4, 0.5) is 0 Å². The molecule has 0 atom stereocenters. The van der Waals surface area contributed by atoms with Crippen molar-refractivity contribution in [1.82, 2.24) is 0 Å². The molecule has 0 aromatic heterocycles. The first kappa shape index (κ1) is 55.0. The van der Waals surface area contributed by atoms with Crippen LogP contribution >= 0.6 is 47.8 Å². The summed E-state index contributed by atoms with van der Waals surface area (Å²) in [4.78, 5) is 0. The molecule has 7 fully saturated rings. The van der Waals surface area contributed by atoms with Gasteiger partial charge < -0.3 is 33.2 Å². The van der Waals surface area contributed by atoms with Crippen molar-refractivity contribution in [2.75, 3.05) is 92.5 Å². The summed E-state index contributed by atoms with van der Waals surface area (Å²) in [5.74, 6) is 40.4. The fraction of sp³-hybridized carbons (Fsp3) is 1.00. The maximum absolute atomic E-state index is 5.06. The van der Waals surface area contributed by atoms with Gasteiger partial charge in [-0.1, -0.05) is 7.43 Å². The van der Waals surface area contributed by atoms with Gasteiger partial charge in [-0.25, -0.2) is 0 Å². The van der Waals surface area contributed by atoms with E-state index >= 15 is 0 Å². The zero-order chi connectivity index (χ0) is 33.7. The van der Waals surface area contributed by atoms with Gasteiger partial charge in [0, 0.05) is 92.5 Å². The van der Waals surface area contributed by atoms with Gasteiger partial charge in [0.05, 0.1) is 0 Å². The van der Waals surface area contributed by atoms with Crippen molar-refractivity contribution in [3.63, 3.8) is 0 Å². The van der Waals surface area contributed by atoms with E-state index in [0.29, 0.717) is 0 Å². The second kappa shape index (κ2) is 44.1. The Labute approximate surface area is 316 Å². The van der Waals surface area contributed by atoms with Gasteiger partial charge in [0.25, 0.3) is 0 Å². The topological polar surface area (TPSA) is 64.6 Å². The summed E-state index contributed by atoms with van der Waals surface area (Å²) in [6.07, 6.45) is 17.9. The van der Waals surface area contributed by atoms with Gasteiger partial charge >= 0.3 is 99.0 Å². The van der Waals surface area contributed by atoms with Crippen LogP contribution in [-0.2, 0) is 33.2 Å². The van der Waals surface area contributed by atoms with Crippen molar-refractivity contribution >= 4 is 47.8 Å². The van der Waals surface area contributed by atoms with E-state index in [1.54, 1.807) is 0 Å². The molecule has 0 unspecified atom stereocenters. The molecule has 46 heavy (non-hydrogen) atoms. The van der Waals surface area contributed by atoms with E-state index < -0.39 is 51.2 Å². The van der Waals surface area contributed by atoms with Crippen LogP contribution in [0.2, 0.25) is 0 Å². The Balaban J connectivity index is -0.000000451. The van der Waals surface area contributed by atoms with E-state index in [0.717, 1.165) is 92.5 Å². The molecule has 7 aliphatic rings. The molecule has 7 aliphatic heterocycles. The van der Waals surface area contributed by atoms with E-state index in [2.05, 4.69) is 0 Å². The van der Waals surface area contributed by atoms with Crippen molar-refractivity contribution in [1.29, 1.82) is 0 Å². The third kappa shape index (κ3) is 70.3. The molecule has 7 saturated heterocycles. The van der Waals surface area contributed by atoms with E-state index in [1.165, 1.54) is 89.9 Å². The summed E-state index contributed by atoms with van der Waals surface area (Å²) in [5.41, 5.74) is 0. The molecule has 0 N–H and O–H groups in total. The summed E-state index contributed by atoms with van der Waals surface area (Å²) >= 11 is -6.90. The Morgan fingerprint density at radius 3 is 0.304 bits per heavy atom. The molecular formula is C29H60Cl8O7Th2. The van der Waals surface area contributed by atoms with Gasteiger partial charge in [-0.15, -0.1) is 0 Å². The van der Waals surface area contributed by atoms with Crippen LogP contribution in [-0.4, -0.2) is 92.5 Å². The molecule has 17 heteroatoms. The SMILES string of the molecule is C.C1CCOC1.C1CCOC1.C1CCOC1.C1CCOC1.C1CCOC1.C1CCOC1.C1CCOC1.[Cl][Th]([Cl])([Cl])[Cl].[Cl][Th]([Cl])([Cl])[Cl]. The summed E-state index contributed by atoms with van der Waals surface area (Å²) in [6, 6.07) is 0. The van der Waals surface area contributed by atoms with Gasteiger partial charge in [-0.2, -0.15) is 0 Å². The molecule has 7 nitrogen and oxygen atoms in total. The van der Waals surface area contributed by atoms with Crippen LogP contribution in [0.3, 0.4) is 0 Å². The molecule has 7 heterocycles. The number of hydrogen-bond acceptors (Lipinski definition) is 7. The minimum absolute atomic E-state index is 0. The third-order valence-electron chi connectivity index (χ3n) is 5.79. The van der Waals surface area contributed by atoms with E-state index in [1.807, 2.05) is 0 Å². The number of halogens is 8. The van der Waals surface area contributed by atoms with Gasteiger partial charge in [-0.3, -0.25) is 0 Å². The fourth-order valence-electron chi connectivity index (χ4n) is 3.57. The van der Waals surface area contributed by atoms with Crippen LogP contribution in [0.5, 0.6) is 0 Å². The molecule has 0 saturated carbocycles. The normalized spacial score (nSPS) is 20.9. The molecule has 0 radical (unpaired) electrons. The van der Waals surface area contributed by atoms with Crippen molar-refractivity contribution < 1.29 is 84.4 Å². The number of hydrogen-bond donors (Lipinski definition) is 0. The second-order valence-corrected chi connectivity index (χ2v) is 80.4. The Hall–Kier alpha value is 4.69. The van der Waals surface area contributed by atoms with Crippen LogP contribution in [0, 0.1) is 51.2 Å². The predicted octanol–water partition coefficient (Wildman–Crippen LogP) is 11.7. The van der Waals surface area contributed by atoms with Gasteiger partial charge in [0.1, 0.15) is 0 Å². The molecule has 0 spiro atoms. The van der Waals surface area contributed by atoms with E-state index in [9.17, 15) is 0 Å². The second-order valence-electron chi connectivity index (χ2n) is 10.1. The first-order valence-corrected chi connectivity index (χ1v) is 56.4. The molecule has 0 aromatic carbocycles. The Morgan fingerprint density at radius 2 is 0.283 bits per heavy atom. The average molecular weight is 1270 g/mol. The van der Waals surface area contributed by atoms with Crippen LogP contribution < -0.4 is 0 Å². The van der Waals surface area contributed by atoms with Crippen molar-refractivity contribution in [3.05, 3.63) is 0 Å². The Kier molecular flexibility index (Phi) is 52.7. The van der Waals surface area contributed by atoms with Crippen molar-refractivity contribution in [2.24, 2.45) is 0 Å². The number of ether oxygens (including phenoxy) is 7. The quantitative estimate of drug-likeness (QED) is 0.239. The van der Waals surface area contributed by atoms with Crippen LogP contribution in [0.1, 0.15) is 97.3 Å². The fourth-order valence-corrected chi connectivity index (χ4v) is 3.57. The predicted molar refractivity (Wildman–Crippen MR) is 194 cm³/mol. The van der Waals surface area contributed by atoms with Gasteiger partial charge in [0.2, 0.25) is 0 Å². The van der Waals surface area contributed by atoms with Gasteiger partial charge in [0.15, 0.2) is 0 Å². The van der Waals surface area contributed by atoms with Crippen molar-refractivity contribution in [3.8, 4) is 0 Å². The first-order valence-electron chi connectivity index (χ1n) is 16.1. The molecule has 282 valence electrons. The summed E-state index contributed by atoms with van der Waals surface area (Å²) in [7, 11) is 0. The zero-order valence-corrected chi connectivity index (χ0v) is 40.9. The first-order chi connectivity index (χ1) is 21.5.